The van der Waals surface area contributed by atoms with E-state index in [1.54, 1.807) is 34.6 Å². The van der Waals surface area contributed by atoms with E-state index < -0.39 is 36.1 Å². The largest absolute Gasteiger partial charge is 0.406 e. The quantitative estimate of drug-likeness (QED) is 0.839. The summed E-state index contributed by atoms with van der Waals surface area (Å²) in [6.45, 7) is 7.00. The first-order valence-corrected chi connectivity index (χ1v) is 5.49. The van der Waals surface area contributed by atoms with Crippen molar-refractivity contribution in [2.24, 2.45) is 11.1 Å². The van der Waals surface area contributed by atoms with Crippen molar-refractivity contribution >= 4 is 5.91 Å². The van der Waals surface area contributed by atoms with Crippen LogP contribution >= 0.6 is 0 Å². The summed E-state index contributed by atoms with van der Waals surface area (Å²) in [7, 11) is 0. The second-order valence-corrected chi connectivity index (χ2v) is 5.52. The Morgan fingerprint density at radius 3 is 1.88 bits per heavy atom. The average Bonchev–Trinajstić information content (AvgIpc) is 2.08. The van der Waals surface area contributed by atoms with Crippen LogP contribution in [0.3, 0.4) is 0 Å². The summed E-state index contributed by atoms with van der Waals surface area (Å²) >= 11 is 0. The van der Waals surface area contributed by atoms with Crippen LogP contribution in [0.25, 0.3) is 0 Å². The topological polar surface area (TPSA) is 46.3 Å². The highest BCUT2D eigenvalue weighted by Gasteiger charge is 2.38. The summed E-state index contributed by atoms with van der Waals surface area (Å²) in [6, 6.07) is -1.47. The molecule has 0 unspecified atom stereocenters. The second kappa shape index (κ2) is 5.25. The van der Waals surface area contributed by atoms with Crippen LogP contribution in [0.15, 0.2) is 0 Å². The van der Waals surface area contributed by atoms with Gasteiger partial charge in [0, 0.05) is 6.04 Å². The molecule has 17 heavy (non-hydrogen) atoms. The van der Waals surface area contributed by atoms with Gasteiger partial charge in [0.1, 0.15) is 6.54 Å². The minimum atomic E-state index is -4.41. The van der Waals surface area contributed by atoms with E-state index in [-0.39, 0.29) is 0 Å². The van der Waals surface area contributed by atoms with Crippen LogP contribution in [0.2, 0.25) is 0 Å². The van der Waals surface area contributed by atoms with E-state index in [9.17, 15) is 18.0 Å². The molecule has 0 radical (unpaired) electrons. The van der Waals surface area contributed by atoms with Crippen LogP contribution < -0.4 is 5.73 Å². The Morgan fingerprint density at radius 1 is 1.24 bits per heavy atom. The van der Waals surface area contributed by atoms with Crippen LogP contribution in [-0.4, -0.2) is 35.6 Å². The lowest BCUT2D eigenvalue weighted by molar-refractivity contribution is -0.166. The molecule has 3 nitrogen and oxygen atoms in total. The molecule has 0 aromatic heterocycles. The molecule has 6 heteroatoms. The number of alkyl halides is 3. The maximum Gasteiger partial charge on any atom is 0.406 e. The number of nitrogens with two attached hydrogens (primary N) is 1. The zero-order valence-corrected chi connectivity index (χ0v) is 10.9. The number of nitrogens with zero attached hydrogens (tertiary/aromatic N) is 1. The maximum atomic E-state index is 12.4. The standard InChI is InChI=1S/C11H21F3N2O/c1-7(2)16(6-11(12,13)14)9(17)8(15)10(3,4)5/h7-8H,6,15H2,1-5H3/t8-/m0/s1. The van der Waals surface area contributed by atoms with Crippen LogP contribution in [-0.2, 0) is 4.79 Å². The molecular weight excluding hydrogens is 233 g/mol. The number of hydrogen-bond donors (Lipinski definition) is 1. The van der Waals surface area contributed by atoms with Crippen molar-refractivity contribution in [1.29, 1.82) is 0 Å². The fraction of sp³-hybridized carbons (Fsp3) is 0.909. The van der Waals surface area contributed by atoms with Crippen molar-refractivity contribution in [3.63, 3.8) is 0 Å². The maximum absolute atomic E-state index is 12.4. The van der Waals surface area contributed by atoms with Gasteiger partial charge in [-0.1, -0.05) is 20.8 Å². The molecular formula is C11H21F3N2O. The minimum absolute atomic E-state index is 0.530. The fourth-order valence-electron chi connectivity index (χ4n) is 1.26. The molecule has 0 rings (SSSR count). The van der Waals surface area contributed by atoms with Gasteiger partial charge in [0.15, 0.2) is 0 Å². The molecule has 102 valence electrons. The van der Waals surface area contributed by atoms with Crippen molar-refractivity contribution in [2.45, 2.75) is 52.9 Å². The number of carbonyl (C=O) groups excluding carboxylic acids is 1. The lowest BCUT2D eigenvalue weighted by Crippen LogP contribution is -2.54. The summed E-state index contributed by atoms with van der Waals surface area (Å²) in [5.41, 5.74) is 5.13. The molecule has 0 aromatic carbocycles. The predicted molar refractivity (Wildman–Crippen MR) is 60.3 cm³/mol. The van der Waals surface area contributed by atoms with Gasteiger partial charge in [-0.3, -0.25) is 4.79 Å². The molecule has 0 heterocycles. The zero-order valence-electron chi connectivity index (χ0n) is 10.9. The Labute approximate surface area is 100 Å². The average molecular weight is 254 g/mol. The molecule has 0 aliphatic carbocycles. The smallest absolute Gasteiger partial charge is 0.330 e. The van der Waals surface area contributed by atoms with Crippen LogP contribution in [0.4, 0.5) is 13.2 Å². The van der Waals surface area contributed by atoms with E-state index >= 15 is 0 Å². The van der Waals surface area contributed by atoms with E-state index in [4.69, 9.17) is 5.73 Å². The lowest BCUT2D eigenvalue weighted by Gasteiger charge is -2.34. The van der Waals surface area contributed by atoms with Crippen LogP contribution in [0.5, 0.6) is 0 Å². The predicted octanol–water partition coefficient (Wildman–Crippen LogP) is 2.16. The van der Waals surface area contributed by atoms with Gasteiger partial charge in [0.2, 0.25) is 5.91 Å². The number of carbonyl (C=O) groups is 1. The summed E-state index contributed by atoms with van der Waals surface area (Å²) in [5.74, 6) is -0.662. The molecule has 0 aliphatic heterocycles. The molecule has 0 bridgehead atoms. The van der Waals surface area contributed by atoms with Gasteiger partial charge in [-0.25, -0.2) is 0 Å². The first kappa shape index (κ1) is 16.2. The third-order valence-corrected chi connectivity index (χ3v) is 2.46. The molecule has 0 aromatic rings. The first-order valence-electron chi connectivity index (χ1n) is 5.49. The summed E-state index contributed by atoms with van der Waals surface area (Å²) < 4.78 is 37.1. The number of hydrogen-bond acceptors (Lipinski definition) is 2. The van der Waals surface area contributed by atoms with Crippen LogP contribution in [0.1, 0.15) is 34.6 Å². The van der Waals surface area contributed by atoms with E-state index in [0.717, 1.165) is 4.90 Å². The summed E-state index contributed by atoms with van der Waals surface area (Å²) in [6.07, 6.45) is -4.41. The Kier molecular flexibility index (Phi) is 5.01. The van der Waals surface area contributed by atoms with Gasteiger partial charge in [0.25, 0.3) is 0 Å². The van der Waals surface area contributed by atoms with Crippen LogP contribution in [0, 0.1) is 5.41 Å². The normalized spacial score (nSPS) is 14.9. The van der Waals surface area contributed by atoms with Crippen molar-refractivity contribution in [3.8, 4) is 0 Å². The molecule has 2 N–H and O–H groups in total. The Hall–Kier alpha value is -0.780. The molecule has 0 aliphatic rings. The van der Waals surface area contributed by atoms with Gasteiger partial charge in [-0.05, 0) is 19.3 Å². The fourth-order valence-corrected chi connectivity index (χ4v) is 1.26. The Balaban J connectivity index is 4.91. The first-order chi connectivity index (χ1) is 7.36. The number of halogens is 3. The molecule has 0 saturated carbocycles. The molecule has 0 fully saturated rings. The third kappa shape index (κ3) is 5.39. The van der Waals surface area contributed by atoms with E-state index in [0.29, 0.717) is 0 Å². The second-order valence-electron chi connectivity index (χ2n) is 5.52. The van der Waals surface area contributed by atoms with Gasteiger partial charge < -0.3 is 10.6 Å². The van der Waals surface area contributed by atoms with E-state index in [2.05, 4.69) is 0 Å². The van der Waals surface area contributed by atoms with Crippen molar-refractivity contribution in [2.75, 3.05) is 6.54 Å². The Bertz CT molecular complexity index is 269. The molecule has 0 spiro atoms. The number of rotatable bonds is 3. The lowest BCUT2D eigenvalue weighted by atomic mass is 9.86. The minimum Gasteiger partial charge on any atom is -0.330 e. The van der Waals surface area contributed by atoms with E-state index in [1.165, 1.54) is 0 Å². The zero-order chi connectivity index (χ0) is 14.0. The molecule has 0 saturated heterocycles. The third-order valence-electron chi connectivity index (χ3n) is 2.46. The number of amides is 1. The monoisotopic (exact) mass is 254 g/mol. The van der Waals surface area contributed by atoms with Crippen molar-refractivity contribution in [3.05, 3.63) is 0 Å². The highest BCUT2D eigenvalue weighted by Crippen LogP contribution is 2.23. The SMILES string of the molecule is CC(C)N(CC(F)(F)F)C(=O)[C@H](N)C(C)(C)C. The highest BCUT2D eigenvalue weighted by molar-refractivity contribution is 5.82. The van der Waals surface area contributed by atoms with Gasteiger partial charge in [-0.15, -0.1) is 0 Å². The Morgan fingerprint density at radius 2 is 1.65 bits per heavy atom. The summed E-state index contributed by atoms with van der Waals surface area (Å²) in [5, 5.41) is 0. The van der Waals surface area contributed by atoms with Crippen molar-refractivity contribution in [1.82, 2.24) is 4.90 Å². The van der Waals surface area contributed by atoms with Gasteiger partial charge in [-0.2, -0.15) is 13.2 Å². The molecule has 1 atom stereocenters. The van der Waals surface area contributed by atoms with E-state index in [1.807, 2.05) is 0 Å². The van der Waals surface area contributed by atoms with Crippen molar-refractivity contribution < 1.29 is 18.0 Å². The van der Waals surface area contributed by atoms with Gasteiger partial charge >= 0.3 is 6.18 Å². The highest BCUT2D eigenvalue weighted by atomic mass is 19.4. The van der Waals surface area contributed by atoms with Gasteiger partial charge in [0.05, 0.1) is 6.04 Å². The molecule has 1 amide bonds. The summed E-state index contributed by atoms with van der Waals surface area (Å²) in [4.78, 5) is 12.7.